The van der Waals surface area contributed by atoms with Gasteiger partial charge < -0.3 is 9.30 Å². The van der Waals surface area contributed by atoms with Crippen LogP contribution in [0.3, 0.4) is 0 Å². The molecule has 1 atom stereocenters. The standard InChI is InChI=1S/C27H29N3O3/c1-16-10-12-18(13-11-16)24-23-22-20(25(31)29(6)26(32)28(22)5)21(19-9-7-8-17(2)14-19)30(23)27(3,4)15-33-24/h7-14,24H,15H2,1-6H3/t24-/m1/s1. The molecular formula is C27H29N3O3. The molecule has 0 N–H and O–H groups in total. The first-order valence-electron chi connectivity index (χ1n) is 11.2. The summed E-state index contributed by atoms with van der Waals surface area (Å²) in [6, 6.07) is 16.4. The van der Waals surface area contributed by atoms with E-state index in [9.17, 15) is 9.59 Å². The monoisotopic (exact) mass is 443 g/mol. The van der Waals surface area contributed by atoms with E-state index in [0.29, 0.717) is 17.5 Å². The Hall–Kier alpha value is -3.38. The molecule has 4 aromatic rings. The third-order valence-electron chi connectivity index (χ3n) is 6.74. The fourth-order valence-electron chi connectivity index (χ4n) is 5.06. The lowest BCUT2D eigenvalue weighted by molar-refractivity contribution is -0.00707. The molecule has 5 rings (SSSR count). The molecule has 0 amide bonds. The Morgan fingerprint density at radius 3 is 2.30 bits per heavy atom. The van der Waals surface area contributed by atoms with Gasteiger partial charge in [0.05, 0.1) is 34.4 Å². The van der Waals surface area contributed by atoms with Gasteiger partial charge >= 0.3 is 5.69 Å². The Labute approximate surface area is 192 Å². The van der Waals surface area contributed by atoms with E-state index in [2.05, 4.69) is 55.7 Å². The Balaban J connectivity index is 2.01. The quantitative estimate of drug-likeness (QED) is 0.467. The normalized spacial score (nSPS) is 17.3. The zero-order chi connectivity index (χ0) is 23.7. The van der Waals surface area contributed by atoms with Crippen LogP contribution in [-0.4, -0.2) is 20.3 Å². The van der Waals surface area contributed by atoms with Gasteiger partial charge in [0.2, 0.25) is 0 Å². The molecule has 1 aliphatic heterocycles. The maximum Gasteiger partial charge on any atom is 0.331 e. The summed E-state index contributed by atoms with van der Waals surface area (Å²) < 4.78 is 11.5. The Morgan fingerprint density at radius 2 is 1.64 bits per heavy atom. The Morgan fingerprint density at radius 1 is 0.939 bits per heavy atom. The predicted molar refractivity (Wildman–Crippen MR) is 131 cm³/mol. The average Bonchev–Trinajstić information content (AvgIpc) is 3.15. The van der Waals surface area contributed by atoms with Gasteiger partial charge in [0.1, 0.15) is 6.10 Å². The summed E-state index contributed by atoms with van der Waals surface area (Å²) in [4.78, 5) is 26.6. The van der Waals surface area contributed by atoms with Gasteiger partial charge in [0.15, 0.2) is 0 Å². The molecule has 6 nitrogen and oxygen atoms in total. The third-order valence-corrected chi connectivity index (χ3v) is 6.74. The summed E-state index contributed by atoms with van der Waals surface area (Å²) in [5, 5.41) is 0.552. The maximum absolute atomic E-state index is 13.6. The fraction of sp³-hybridized carbons (Fsp3) is 0.333. The molecule has 0 bridgehead atoms. The van der Waals surface area contributed by atoms with E-state index in [1.54, 1.807) is 18.7 Å². The van der Waals surface area contributed by atoms with Crippen molar-refractivity contribution in [1.82, 2.24) is 13.7 Å². The van der Waals surface area contributed by atoms with Crippen LogP contribution in [0.4, 0.5) is 0 Å². The summed E-state index contributed by atoms with van der Waals surface area (Å²) in [6.07, 6.45) is -0.391. The molecule has 170 valence electrons. The van der Waals surface area contributed by atoms with Gasteiger partial charge in [0, 0.05) is 14.1 Å². The first kappa shape index (κ1) is 21.5. The molecule has 3 heterocycles. The number of rotatable bonds is 2. The van der Waals surface area contributed by atoms with Crippen LogP contribution in [0.2, 0.25) is 0 Å². The molecule has 0 radical (unpaired) electrons. The smallest absolute Gasteiger partial charge is 0.331 e. The number of hydrogen-bond donors (Lipinski definition) is 0. The van der Waals surface area contributed by atoms with Crippen molar-refractivity contribution in [3.05, 3.63) is 91.8 Å². The van der Waals surface area contributed by atoms with E-state index >= 15 is 0 Å². The van der Waals surface area contributed by atoms with E-state index in [-0.39, 0.29) is 11.2 Å². The van der Waals surface area contributed by atoms with Crippen molar-refractivity contribution in [3.63, 3.8) is 0 Å². The van der Waals surface area contributed by atoms with Gasteiger partial charge in [-0.15, -0.1) is 0 Å². The van der Waals surface area contributed by atoms with E-state index in [1.165, 1.54) is 4.57 Å². The fourth-order valence-corrected chi connectivity index (χ4v) is 5.06. The van der Waals surface area contributed by atoms with Crippen molar-refractivity contribution in [2.24, 2.45) is 14.1 Å². The number of nitrogens with zero attached hydrogens (tertiary/aromatic N) is 3. The van der Waals surface area contributed by atoms with Gasteiger partial charge in [-0.05, 0) is 44.9 Å². The molecule has 0 unspecified atom stereocenters. The maximum atomic E-state index is 13.6. The van der Waals surface area contributed by atoms with E-state index in [1.807, 2.05) is 25.1 Å². The topological polar surface area (TPSA) is 58.2 Å². The molecule has 0 saturated carbocycles. The lowest BCUT2D eigenvalue weighted by atomic mass is 9.97. The minimum Gasteiger partial charge on any atom is -0.365 e. The van der Waals surface area contributed by atoms with Crippen molar-refractivity contribution < 1.29 is 4.74 Å². The van der Waals surface area contributed by atoms with E-state index in [4.69, 9.17) is 4.74 Å². The second-order valence-corrected chi connectivity index (χ2v) is 9.78. The molecule has 33 heavy (non-hydrogen) atoms. The van der Waals surface area contributed by atoms with Crippen LogP contribution in [0.25, 0.3) is 22.2 Å². The second-order valence-electron chi connectivity index (χ2n) is 9.78. The van der Waals surface area contributed by atoms with Crippen LogP contribution in [-0.2, 0) is 24.4 Å². The Kier molecular flexibility index (Phi) is 4.76. The molecule has 0 saturated heterocycles. The highest BCUT2D eigenvalue weighted by atomic mass is 16.5. The van der Waals surface area contributed by atoms with Crippen molar-refractivity contribution in [3.8, 4) is 11.3 Å². The van der Waals surface area contributed by atoms with E-state index < -0.39 is 11.6 Å². The zero-order valence-electron chi connectivity index (χ0n) is 20.0. The molecular weight excluding hydrogens is 414 g/mol. The van der Waals surface area contributed by atoms with Gasteiger partial charge in [-0.25, -0.2) is 4.79 Å². The summed E-state index contributed by atoms with van der Waals surface area (Å²) in [7, 11) is 3.28. The summed E-state index contributed by atoms with van der Waals surface area (Å²) in [6.45, 7) is 8.80. The largest absolute Gasteiger partial charge is 0.365 e. The Bertz CT molecular complexity index is 1520. The second kappa shape index (κ2) is 7.32. The molecule has 2 aromatic heterocycles. The summed E-state index contributed by atoms with van der Waals surface area (Å²) >= 11 is 0. The SMILES string of the molecule is Cc1ccc([C@H]2OCC(C)(C)n3c(-c4cccc(C)c4)c4c(=O)n(C)c(=O)n(C)c4c32)cc1. The van der Waals surface area contributed by atoms with Gasteiger partial charge in [0.25, 0.3) is 5.56 Å². The van der Waals surface area contributed by atoms with Crippen molar-refractivity contribution in [1.29, 1.82) is 0 Å². The van der Waals surface area contributed by atoms with Crippen LogP contribution < -0.4 is 11.2 Å². The number of hydrogen-bond acceptors (Lipinski definition) is 3. The van der Waals surface area contributed by atoms with Crippen molar-refractivity contribution >= 4 is 10.9 Å². The minimum absolute atomic E-state index is 0.287. The minimum atomic E-state index is -0.421. The lowest BCUT2D eigenvalue weighted by Crippen LogP contribution is -2.40. The van der Waals surface area contributed by atoms with Crippen LogP contribution in [0.5, 0.6) is 0 Å². The van der Waals surface area contributed by atoms with Crippen LogP contribution in [0.15, 0.2) is 58.1 Å². The average molecular weight is 444 g/mol. The molecule has 0 aliphatic carbocycles. The molecule has 1 aliphatic rings. The summed E-state index contributed by atoms with van der Waals surface area (Å²) in [5.41, 5.74) is 5.50. The van der Waals surface area contributed by atoms with Gasteiger partial charge in [-0.2, -0.15) is 0 Å². The lowest BCUT2D eigenvalue weighted by Gasteiger charge is -2.39. The number of fused-ring (bicyclic) bond motifs is 3. The first-order valence-corrected chi connectivity index (χ1v) is 11.2. The van der Waals surface area contributed by atoms with Crippen LogP contribution in [0.1, 0.15) is 42.3 Å². The first-order chi connectivity index (χ1) is 15.6. The number of aromatic nitrogens is 3. The number of benzene rings is 2. The third kappa shape index (κ3) is 3.12. The molecule has 0 spiro atoms. The number of aryl methyl sites for hydroxylation is 3. The van der Waals surface area contributed by atoms with Crippen molar-refractivity contribution in [2.45, 2.75) is 39.3 Å². The molecule has 0 fully saturated rings. The predicted octanol–water partition coefficient (Wildman–Crippen LogP) is 4.18. The molecule has 6 heteroatoms. The highest BCUT2D eigenvalue weighted by Crippen LogP contribution is 2.45. The van der Waals surface area contributed by atoms with Crippen LogP contribution >= 0.6 is 0 Å². The highest BCUT2D eigenvalue weighted by Gasteiger charge is 2.40. The van der Waals surface area contributed by atoms with Gasteiger partial charge in [-0.1, -0.05) is 53.6 Å². The number of ether oxygens (including phenoxy) is 1. The highest BCUT2D eigenvalue weighted by molar-refractivity contribution is 5.97. The zero-order valence-corrected chi connectivity index (χ0v) is 20.0. The summed E-state index contributed by atoms with van der Waals surface area (Å²) in [5.74, 6) is 0. The van der Waals surface area contributed by atoms with E-state index in [0.717, 1.165) is 33.6 Å². The molecule has 2 aromatic carbocycles. The van der Waals surface area contributed by atoms with Crippen molar-refractivity contribution in [2.75, 3.05) is 6.61 Å². The van der Waals surface area contributed by atoms with Gasteiger partial charge in [-0.3, -0.25) is 13.9 Å². The van der Waals surface area contributed by atoms with Crippen LogP contribution in [0, 0.1) is 13.8 Å².